The number of nitrogens with one attached hydrogen (secondary N) is 1. The van der Waals surface area contributed by atoms with Crippen LogP contribution in [0.5, 0.6) is 5.75 Å². The largest absolute Gasteiger partial charge is 0.497 e. The maximum atomic E-state index is 9.49. The minimum absolute atomic E-state index is 0.156. The second kappa shape index (κ2) is 7.65. The molecule has 0 amide bonds. The van der Waals surface area contributed by atoms with Crippen LogP contribution < -0.4 is 10.1 Å². The Bertz CT molecular complexity index is 381. The van der Waals surface area contributed by atoms with Crippen LogP contribution in [0.2, 0.25) is 0 Å². The van der Waals surface area contributed by atoms with Crippen molar-refractivity contribution in [2.75, 3.05) is 13.7 Å². The summed E-state index contributed by atoms with van der Waals surface area (Å²) < 4.78 is 5.16. The summed E-state index contributed by atoms with van der Waals surface area (Å²) in [6.07, 6.45) is 1.92. The van der Waals surface area contributed by atoms with Crippen LogP contribution in [0.15, 0.2) is 24.3 Å². The summed E-state index contributed by atoms with van der Waals surface area (Å²) in [6, 6.07) is 8.65. The lowest BCUT2D eigenvalue weighted by atomic mass is 9.88. The van der Waals surface area contributed by atoms with E-state index >= 15 is 0 Å². The van der Waals surface area contributed by atoms with Gasteiger partial charge in [0.2, 0.25) is 0 Å². The summed E-state index contributed by atoms with van der Waals surface area (Å²) >= 11 is 0. The Morgan fingerprint density at radius 3 is 2.25 bits per heavy atom. The van der Waals surface area contributed by atoms with Crippen LogP contribution in [0.4, 0.5) is 0 Å². The van der Waals surface area contributed by atoms with Gasteiger partial charge in [0.1, 0.15) is 5.75 Å². The predicted molar refractivity (Wildman–Crippen MR) is 84.2 cm³/mol. The zero-order chi connectivity index (χ0) is 15.2. The summed E-state index contributed by atoms with van der Waals surface area (Å²) in [5.41, 5.74) is 1.50. The number of aliphatic hydroxyl groups is 1. The normalized spacial score (nSPS) is 14.9. The first kappa shape index (κ1) is 17.0. The quantitative estimate of drug-likeness (QED) is 0.806. The van der Waals surface area contributed by atoms with Gasteiger partial charge in [0, 0.05) is 12.1 Å². The average molecular weight is 279 g/mol. The third kappa shape index (κ3) is 6.40. The number of methoxy groups -OCH3 is 1. The third-order valence-corrected chi connectivity index (χ3v) is 3.30. The van der Waals surface area contributed by atoms with Crippen molar-refractivity contribution in [3.05, 3.63) is 29.8 Å². The fourth-order valence-corrected chi connectivity index (χ4v) is 2.49. The van der Waals surface area contributed by atoms with Gasteiger partial charge in [0.15, 0.2) is 0 Å². The maximum absolute atomic E-state index is 9.49. The first-order chi connectivity index (χ1) is 9.34. The standard InChI is InChI=1S/C17H29NO2/c1-13(18-15(12-19)11-17(2,3)4)10-14-6-8-16(20-5)9-7-14/h6-9,13,15,18-19H,10-12H2,1-5H3. The molecule has 2 atom stereocenters. The van der Waals surface area contributed by atoms with E-state index in [1.54, 1.807) is 7.11 Å². The zero-order valence-corrected chi connectivity index (χ0v) is 13.4. The highest BCUT2D eigenvalue weighted by Crippen LogP contribution is 2.21. The number of rotatable bonds is 7. The van der Waals surface area contributed by atoms with E-state index in [4.69, 9.17) is 4.74 Å². The zero-order valence-electron chi connectivity index (χ0n) is 13.4. The Kier molecular flexibility index (Phi) is 6.50. The Balaban J connectivity index is 2.50. The smallest absolute Gasteiger partial charge is 0.118 e. The topological polar surface area (TPSA) is 41.5 Å². The second-order valence-corrected chi connectivity index (χ2v) is 6.76. The van der Waals surface area contributed by atoms with Crippen molar-refractivity contribution in [2.24, 2.45) is 5.41 Å². The number of hydrogen-bond acceptors (Lipinski definition) is 3. The van der Waals surface area contributed by atoms with Gasteiger partial charge in [-0.3, -0.25) is 0 Å². The SMILES string of the molecule is COc1ccc(CC(C)NC(CO)CC(C)(C)C)cc1. The second-order valence-electron chi connectivity index (χ2n) is 6.76. The van der Waals surface area contributed by atoms with Gasteiger partial charge < -0.3 is 15.2 Å². The number of hydrogen-bond donors (Lipinski definition) is 2. The summed E-state index contributed by atoms with van der Waals surface area (Å²) in [7, 11) is 1.68. The lowest BCUT2D eigenvalue weighted by Gasteiger charge is -2.28. The fraction of sp³-hybridized carbons (Fsp3) is 0.647. The highest BCUT2D eigenvalue weighted by atomic mass is 16.5. The Labute approximate surface area is 123 Å². The summed E-state index contributed by atoms with van der Waals surface area (Å²) in [5, 5.41) is 13.0. The highest BCUT2D eigenvalue weighted by Gasteiger charge is 2.19. The van der Waals surface area contributed by atoms with E-state index < -0.39 is 0 Å². The van der Waals surface area contributed by atoms with E-state index in [2.05, 4.69) is 45.1 Å². The summed E-state index contributed by atoms with van der Waals surface area (Å²) in [4.78, 5) is 0. The van der Waals surface area contributed by atoms with Crippen molar-refractivity contribution in [3.8, 4) is 5.75 Å². The van der Waals surface area contributed by atoms with Crippen LogP contribution >= 0.6 is 0 Å². The molecule has 3 heteroatoms. The summed E-state index contributed by atoms with van der Waals surface area (Å²) in [6.45, 7) is 8.95. The molecule has 1 rings (SSSR count). The van der Waals surface area contributed by atoms with E-state index in [1.807, 2.05) is 12.1 Å². The number of benzene rings is 1. The molecule has 0 aliphatic heterocycles. The van der Waals surface area contributed by atoms with Crippen molar-refractivity contribution in [1.82, 2.24) is 5.32 Å². The number of ether oxygens (including phenoxy) is 1. The third-order valence-electron chi connectivity index (χ3n) is 3.30. The molecule has 114 valence electrons. The molecule has 0 aromatic heterocycles. The van der Waals surface area contributed by atoms with E-state index in [0.717, 1.165) is 18.6 Å². The molecule has 1 aromatic carbocycles. The molecule has 0 saturated heterocycles. The summed E-state index contributed by atoms with van der Waals surface area (Å²) in [5.74, 6) is 0.885. The molecule has 0 spiro atoms. The molecule has 3 nitrogen and oxygen atoms in total. The van der Waals surface area contributed by atoms with Crippen molar-refractivity contribution in [2.45, 2.75) is 52.6 Å². The molecule has 0 heterocycles. The Morgan fingerprint density at radius 2 is 1.80 bits per heavy atom. The van der Waals surface area contributed by atoms with E-state index in [-0.39, 0.29) is 18.1 Å². The van der Waals surface area contributed by atoms with Crippen LogP contribution in [0, 0.1) is 5.41 Å². The van der Waals surface area contributed by atoms with Gasteiger partial charge in [-0.2, -0.15) is 0 Å². The van der Waals surface area contributed by atoms with Crippen LogP contribution in [0.25, 0.3) is 0 Å². The monoisotopic (exact) mass is 279 g/mol. The number of aliphatic hydroxyl groups excluding tert-OH is 1. The molecule has 2 N–H and O–H groups in total. The fourth-order valence-electron chi connectivity index (χ4n) is 2.49. The molecule has 1 aromatic rings. The van der Waals surface area contributed by atoms with Gasteiger partial charge in [-0.1, -0.05) is 32.9 Å². The molecule has 0 aliphatic rings. The van der Waals surface area contributed by atoms with Crippen LogP contribution in [-0.4, -0.2) is 30.9 Å². The first-order valence-electron chi connectivity index (χ1n) is 7.34. The predicted octanol–water partition coefficient (Wildman–Crippen LogP) is 3.01. The first-order valence-corrected chi connectivity index (χ1v) is 7.34. The van der Waals surface area contributed by atoms with E-state index in [1.165, 1.54) is 5.56 Å². The minimum Gasteiger partial charge on any atom is -0.497 e. The Morgan fingerprint density at radius 1 is 1.20 bits per heavy atom. The molecule has 0 radical (unpaired) electrons. The molecule has 0 saturated carbocycles. The van der Waals surface area contributed by atoms with Gasteiger partial charge >= 0.3 is 0 Å². The van der Waals surface area contributed by atoms with Crippen molar-refractivity contribution in [1.29, 1.82) is 0 Å². The van der Waals surface area contributed by atoms with Gasteiger partial charge in [-0.15, -0.1) is 0 Å². The van der Waals surface area contributed by atoms with Crippen molar-refractivity contribution in [3.63, 3.8) is 0 Å². The average Bonchev–Trinajstić information content (AvgIpc) is 2.37. The Hall–Kier alpha value is -1.06. The van der Waals surface area contributed by atoms with Crippen LogP contribution in [0.3, 0.4) is 0 Å². The maximum Gasteiger partial charge on any atom is 0.118 e. The molecule has 2 unspecified atom stereocenters. The van der Waals surface area contributed by atoms with Gasteiger partial charge in [-0.25, -0.2) is 0 Å². The molecule has 0 bridgehead atoms. The lowest BCUT2D eigenvalue weighted by Crippen LogP contribution is -2.42. The van der Waals surface area contributed by atoms with Crippen molar-refractivity contribution < 1.29 is 9.84 Å². The van der Waals surface area contributed by atoms with Gasteiger partial charge in [0.05, 0.1) is 13.7 Å². The van der Waals surface area contributed by atoms with Crippen molar-refractivity contribution >= 4 is 0 Å². The van der Waals surface area contributed by atoms with Crippen LogP contribution in [0.1, 0.15) is 39.7 Å². The van der Waals surface area contributed by atoms with Gasteiger partial charge in [0.25, 0.3) is 0 Å². The van der Waals surface area contributed by atoms with Gasteiger partial charge in [-0.05, 0) is 42.9 Å². The van der Waals surface area contributed by atoms with Crippen LogP contribution in [-0.2, 0) is 6.42 Å². The molecule has 0 aliphatic carbocycles. The molecule has 20 heavy (non-hydrogen) atoms. The molecule has 0 fully saturated rings. The molecular weight excluding hydrogens is 250 g/mol. The minimum atomic E-state index is 0.156. The lowest BCUT2D eigenvalue weighted by molar-refractivity contribution is 0.190. The van der Waals surface area contributed by atoms with E-state index in [9.17, 15) is 5.11 Å². The van der Waals surface area contributed by atoms with E-state index in [0.29, 0.717) is 6.04 Å². The molecular formula is C17H29NO2. The highest BCUT2D eigenvalue weighted by molar-refractivity contribution is 5.27.